The van der Waals surface area contributed by atoms with E-state index in [-0.39, 0.29) is 0 Å². The van der Waals surface area contributed by atoms with E-state index in [2.05, 4.69) is 31.3 Å². The highest BCUT2D eigenvalue weighted by Crippen LogP contribution is 2.19. The van der Waals surface area contributed by atoms with Gasteiger partial charge in [0.15, 0.2) is 0 Å². The van der Waals surface area contributed by atoms with Crippen molar-refractivity contribution in [3.8, 4) is 0 Å². The van der Waals surface area contributed by atoms with E-state index in [1.54, 1.807) is 0 Å². The van der Waals surface area contributed by atoms with E-state index in [1.807, 2.05) is 0 Å². The Labute approximate surface area is 419 Å². The number of aliphatic hydroxyl groups excluding tert-OH is 4. The first kappa shape index (κ1) is 66.0. The predicted octanol–water partition coefficient (Wildman–Crippen LogP) is 18.0. The second kappa shape index (κ2) is 56.0. The maximum Gasteiger partial charge on any atom is 0.249 e. The summed E-state index contributed by atoms with van der Waals surface area (Å²) in [4.78, 5) is 12.6. The van der Waals surface area contributed by atoms with Gasteiger partial charge in [0.05, 0.1) is 18.8 Å². The zero-order chi connectivity index (χ0) is 48.8. The summed E-state index contributed by atoms with van der Waals surface area (Å²) in [5.74, 6) is -0.586. The first-order valence-corrected chi connectivity index (χ1v) is 30.6. The van der Waals surface area contributed by atoms with Crippen molar-refractivity contribution in [3.63, 3.8) is 0 Å². The van der Waals surface area contributed by atoms with E-state index in [1.165, 1.54) is 276 Å². The van der Waals surface area contributed by atoms with Gasteiger partial charge in [0.1, 0.15) is 12.2 Å². The molecule has 0 aliphatic heterocycles. The van der Waals surface area contributed by atoms with Gasteiger partial charge in [0.25, 0.3) is 0 Å². The number of hydrogen-bond acceptors (Lipinski definition) is 5. The fourth-order valence-electron chi connectivity index (χ4n) is 9.94. The van der Waals surface area contributed by atoms with Gasteiger partial charge in [-0.05, 0) is 38.5 Å². The highest BCUT2D eigenvalue weighted by atomic mass is 16.3. The van der Waals surface area contributed by atoms with Crippen molar-refractivity contribution >= 4 is 5.91 Å². The summed E-state index contributed by atoms with van der Waals surface area (Å²) >= 11 is 0. The smallest absolute Gasteiger partial charge is 0.249 e. The molecule has 5 N–H and O–H groups in total. The molecule has 0 fully saturated rings. The number of hydrogen-bond donors (Lipinski definition) is 5. The molecule has 0 heterocycles. The highest BCUT2D eigenvalue weighted by molar-refractivity contribution is 5.80. The lowest BCUT2D eigenvalue weighted by Crippen LogP contribution is -2.53. The highest BCUT2D eigenvalue weighted by Gasteiger charge is 2.28. The molecule has 4 atom stereocenters. The maximum absolute atomic E-state index is 12.6. The average Bonchev–Trinajstić information content (AvgIpc) is 3.33. The van der Waals surface area contributed by atoms with Gasteiger partial charge in [-0.3, -0.25) is 4.79 Å². The third-order valence-corrected chi connectivity index (χ3v) is 14.7. The molecular formula is C61H121NO5. The van der Waals surface area contributed by atoms with Crippen LogP contribution in [0.15, 0.2) is 12.2 Å². The Hall–Kier alpha value is -0.950. The number of unbranched alkanes of at least 4 members (excludes halogenated alkanes) is 46. The normalized spacial score (nSPS) is 13.7. The summed E-state index contributed by atoms with van der Waals surface area (Å²) in [7, 11) is 0. The van der Waals surface area contributed by atoms with Crippen LogP contribution >= 0.6 is 0 Å². The molecule has 0 aromatic carbocycles. The SMILES string of the molecule is CCCCCCCCCCCCCCCCC/C=C/CCCC(O)C(O)C(CO)NC(=O)C(O)CCCCCCCCCCCCCCCCCCCCCCCCCCCCCCCCC. The standard InChI is InChI=1S/C61H121NO5/c1-3-5-7-9-11-13-15-17-19-21-23-25-26-27-28-29-30-31-32-33-34-35-37-39-41-43-45-47-49-51-53-55-59(65)61(67)62-57(56-63)60(66)58(64)54-52-50-48-46-44-42-40-38-36-24-22-20-18-16-14-12-10-8-6-4-2/h46,48,57-60,63-66H,3-45,47,49-56H2,1-2H3,(H,62,67)/b48-46+. The number of nitrogens with one attached hydrogen (secondary N) is 1. The van der Waals surface area contributed by atoms with Crippen LogP contribution in [0.25, 0.3) is 0 Å². The molecule has 6 nitrogen and oxygen atoms in total. The van der Waals surface area contributed by atoms with Crippen LogP contribution in [0, 0.1) is 0 Å². The van der Waals surface area contributed by atoms with E-state index < -0.39 is 36.9 Å². The van der Waals surface area contributed by atoms with Crippen LogP contribution in [0.2, 0.25) is 0 Å². The minimum absolute atomic E-state index is 0.369. The number of carbonyl (C=O) groups is 1. The molecule has 0 radical (unpaired) electrons. The van der Waals surface area contributed by atoms with E-state index >= 15 is 0 Å². The van der Waals surface area contributed by atoms with Gasteiger partial charge in [-0.2, -0.15) is 0 Å². The minimum atomic E-state index is -1.28. The van der Waals surface area contributed by atoms with Crippen molar-refractivity contribution in [3.05, 3.63) is 12.2 Å². The number of amides is 1. The molecule has 6 heteroatoms. The Kier molecular flexibility index (Phi) is 55.2. The average molecular weight is 949 g/mol. The maximum atomic E-state index is 12.6. The Bertz CT molecular complexity index is 975. The minimum Gasteiger partial charge on any atom is -0.394 e. The second-order valence-corrected chi connectivity index (χ2v) is 21.4. The van der Waals surface area contributed by atoms with E-state index in [0.717, 1.165) is 38.5 Å². The van der Waals surface area contributed by atoms with Gasteiger partial charge >= 0.3 is 0 Å². The van der Waals surface area contributed by atoms with Gasteiger partial charge in [-0.25, -0.2) is 0 Å². The van der Waals surface area contributed by atoms with Crippen LogP contribution in [0.4, 0.5) is 0 Å². The zero-order valence-corrected chi connectivity index (χ0v) is 45.4. The summed E-state index contributed by atoms with van der Waals surface area (Å²) < 4.78 is 0. The van der Waals surface area contributed by atoms with Crippen molar-refractivity contribution in [1.29, 1.82) is 0 Å². The Morgan fingerprint density at radius 1 is 0.358 bits per heavy atom. The monoisotopic (exact) mass is 948 g/mol. The molecule has 0 saturated heterocycles. The van der Waals surface area contributed by atoms with Crippen LogP contribution in [0.3, 0.4) is 0 Å². The van der Waals surface area contributed by atoms with E-state index in [4.69, 9.17) is 0 Å². The summed E-state index contributed by atoms with van der Waals surface area (Å²) in [5, 5.41) is 44.0. The lowest BCUT2D eigenvalue weighted by atomic mass is 10.00. The van der Waals surface area contributed by atoms with Crippen LogP contribution in [0.5, 0.6) is 0 Å². The Morgan fingerprint density at radius 3 is 0.896 bits per heavy atom. The predicted molar refractivity (Wildman–Crippen MR) is 293 cm³/mol. The molecule has 400 valence electrons. The molecule has 0 aliphatic carbocycles. The van der Waals surface area contributed by atoms with Crippen molar-refractivity contribution in [1.82, 2.24) is 5.32 Å². The molecule has 67 heavy (non-hydrogen) atoms. The molecule has 0 saturated carbocycles. The van der Waals surface area contributed by atoms with Crippen molar-refractivity contribution in [2.45, 2.75) is 366 Å². The van der Waals surface area contributed by atoms with Gasteiger partial charge in [0.2, 0.25) is 5.91 Å². The lowest BCUT2D eigenvalue weighted by Gasteiger charge is -2.27. The summed E-state index contributed by atoms with van der Waals surface area (Å²) in [6, 6.07) is -0.999. The Morgan fingerprint density at radius 2 is 0.612 bits per heavy atom. The van der Waals surface area contributed by atoms with Crippen LogP contribution in [-0.2, 0) is 4.79 Å². The Balaban J connectivity index is 3.56. The van der Waals surface area contributed by atoms with Gasteiger partial charge in [-0.1, -0.05) is 315 Å². The van der Waals surface area contributed by atoms with Crippen molar-refractivity contribution in [2.24, 2.45) is 0 Å². The lowest BCUT2D eigenvalue weighted by molar-refractivity contribution is -0.132. The summed E-state index contributed by atoms with van der Waals surface area (Å²) in [5.41, 5.74) is 0. The van der Waals surface area contributed by atoms with Gasteiger partial charge in [-0.15, -0.1) is 0 Å². The first-order chi connectivity index (χ1) is 33.0. The zero-order valence-electron chi connectivity index (χ0n) is 45.4. The molecule has 0 aromatic heterocycles. The van der Waals surface area contributed by atoms with E-state index in [9.17, 15) is 25.2 Å². The van der Waals surface area contributed by atoms with Crippen molar-refractivity contribution in [2.75, 3.05) is 6.61 Å². The molecule has 0 spiro atoms. The third kappa shape index (κ3) is 49.8. The summed E-state index contributed by atoms with van der Waals surface area (Å²) in [6.45, 7) is 4.09. The molecule has 0 rings (SSSR count). The van der Waals surface area contributed by atoms with Crippen LogP contribution < -0.4 is 5.32 Å². The number of carbonyl (C=O) groups excluding carboxylic acids is 1. The third-order valence-electron chi connectivity index (χ3n) is 14.7. The first-order valence-electron chi connectivity index (χ1n) is 30.6. The number of allylic oxidation sites excluding steroid dienone is 2. The number of aliphatic hydroxyl groups is 4. The van der Waals surface area contributed by atoms with Crippen LogP contribution in [0.1, 0.15) is 341 Å². The van der Waals surface area contributed by atoms with Gasteiger partial charge in [0, 0.05) is 0 Å². The largest absolute Gasteiger partial charge is 0.394 e. The molecule has 0 bridgehead atoms. The quantitative estimate of drug-likeness (QED) is 0.0308. The molecule has 4 unspecified atom stereocenters. The van der Waals surface area contributed by atoms with Crippen molar-refractivity contribution < 1.29 is 25.2 Å². The topological polar surface area (TPSA) is 110 Å². The van der Waals surface area contributed by atoms with E-state index in [0.29, 0.717) is 12.8 Å². The number of rotatable bonds is 57. The summed E-state index contributed by atoms with van der Waals surface area (Å²) in [6.07, 6.45) is 67.4. The second-order valence-electron chi connectivity index (χ2n) is 21.4. The molecule has 0 aliphatic rings. The fourth-order valence-corrected chi connectivity index (χ4v) is 9.94. The fraction of sp³-hybridized carbons (Fsp3) is 0.951. The molecular weight excluding hydrogens is 827 g/mol. The molecule has 1 amide bonds. The van der Waals surface area contributed by atoms with Gasteiger partial charge < -0.3 is 25.7 Å². The van der Waals surface area contributed by atoms with Crippen LogP contribution in [-0.4, -0.2) is 57.3 Å². The molecule has 0 aromatic rings.